The molecule has 6 heteroatoms. The van der Waals surface area contributed by atoms with Crippen LogP contribution < -0.4 is 15.4 Å². The van der Waals surface area contributed by atoms with Crippen LogP contribution in [0.1, 0.15) is 37.4 Å². The monoisotopic (exact) mass is 408 g/mol. The van der Waals surface area contributed by atoms with Crippen LogP contribution in [0.3, 0.4) is 0 Å². The van der Waals surface area contributed by atoms with Gasteiger partial charge < -0.3 is 20.1 Å². The highest BCUT2D eigenvalue weighted by atomic mass is 16.5. The van der Waals surface area contributed by atoms with Gasteiger partial charge >= 0.3 is 12.0 Å². The molecule has 1 aliphatic rings. The fourth-order valence-corrected chi connectivity index (χ4v) is 3.50. The molecule has 0 spiro atoms. The van der Waals surface area contributed by atoms with Crippen molar-refractivity contribution in [3.63, 3.8) is 0 Å². The minimum Gasteiger partial charge on any atom is -0.494 e. The van der Waals surface area contributed by atoms with E-state index in [2.05, 4.69) is 22.8 Å². The Morgan fingerprint density at radius 3 is 2.40 bits per heavy atom. The predicted octanol–water partition coefficient (Wildman–Crippen LogP) is 4.14. The summed E-state index contributed by atoms with van der Waals surface area (Å²) in [6.45, 7) is 4.46. The SMILES string of the molecule is COC(=O)C1=C(C(C)C)NC(=O)NC1c1ccc(OCCCc2ccccc2)cc1. The molecule has 2 N–H and O–H groups in total. The van der Waals surface area contributed by atoms with Crippen molar-refractivity contribution in [2.24, 2.45) is 5.92 Å². The largest absolute Gasteiger partial charge is 0.494 e. The molecule has 0 fully saturated rings. The standard InChI is InChI=1S/C24H28N2O4/c1-16(2)21-20(23(27)29-3)22(26-24(28)25-21)18-11-13-19(14-12-18)30-15-7-10-17-8-5-4-6-9-17/h4-6,8-9,11-14,16,22H,7,10,15H2,1-3H3,(H2,25,26,28). The molecule has 1 atom stereocenters. The molecule has 6 nitrogen and oxygen atoms in total. The van der Waals surface area contributed by atoms with Crippen LogP contribution in [0.25, 0.3) is 0 Å². The number of ether oxygens (including phenoxy) is 2. The maximum Gasteiger partial charge on any atom is 0.337 e. The summed E-state index contributed by atoms with van der Waals surface area (Å²) < 4.78 is 10.8. The number of methoxy groups -OCH3 is 1. The van der Waals surface area contributed by atoms with E-state index >= 15 is 0 Å². The lowest BCUT2D eigenvalue weighted by atomic mass is 9.91. The molecule has 30 heavy (non-hydrogen) atoms. The van der Waals surface area contributed by atoms with Crippen molar-refractivity contribution in [1.82, 2.24) is 10.6 Å². The summed E-state index contributed by atoms with van der Waals surface area (Å²) in [5.74, 6) is 0.261. The number of rotatable bonds is 8. The number of esters is 1. The van der Waals surface area contributed by atoms with Crippen LogP contribution in [0.4, 0.5) is 4.79 Å². The summed E-state index contributed by atoms with van der Waals surface area (Å²) in [6.07, 6.45) is 1.88. The van der Waals surface area contributed by atoms with Gasteiger partial charge in [-0.1, -0.05) is 56.3 Å². The van der Waals surface area contributed by atoms with E-state index in [9.17, 15) is 9.59 Å². The lowest BCUT2D eigenvalue weighted by Crippen LogP contribution is -2.47. The van der Waals surface area contributed by atoms with Gasteiger partial charge in [-0.25, -0.2) is 9.59 Å². The molecule has 0 saturated carbocycles. The lowest BCUT2D eigenvalue weighted by molar-refractivity contribution is -0.136. The first-order chi connectivity index (χ1) is 14.5. The topological polar surface area (TPSA) is 76.7 Å². The summed E-state index contributed by atoms with van der Waals surface area (Å²) in [6, 6.07) is 16.8. The summed E-state index contributed by atoms with van der Waals surface area (Å²) in [4.78, 5) is 24.6. The highest BCUT2D eigenvalue weighted by Crippen LogP contribution is 2.31. The molecule has 0 radical (unpaired) electrons. The first kappa shape index (κ1) is 21.4. The second-order valence-electron chi connectivity index (χ2n) is 7.51. The molecular formula is C24H28N2O4. The van der Waals surface area contributed by atoms with E-state index < -0.39 is 12.0 Å². The van der Waals surface area contributed by atoms with Gasteiger partial charge in [-0.3, -0.25) is 0 Å². The second-order valence-corrected chi connectivity index (χ2v) is 7.51. The van der Waals surface area contributed by atoms with E-state index in [1.807, 2.05) is 56.3 Å². The van der Waals surface area contributed by atoms with Crippen molar-refractivity contribution in [2.45, 2.75) is 32.7 Å². The number of hydrogen-bond acceptors (Lipinski definition) is 4. The van der Waals surface area contributed by atoms with Crippen molar-refractivity contribution in [3.05, 3.63) is 77.0 Å². The van der Waals surface area contributed by atoms with Crippen molar-refractivity contribution in [3.8, 4) is 5.75 Å². The van der Waals surface area contributed by atoms with Gasteiger partial charge in [0.1, 0.15) is 5.75 Å². The van der Waals surface area contributed by atoms with Crippen LogP contribution in [0.5, 0.6) is 5.75 Å². The third-order valence-electron chi connectivity index (χ3n) is 5.02. The average molecular weight is 408 g/mol. The van der Waals surface area contributed by atoms with E-state index in [4.69, 9.17) is 9.47 Å². The number of urea groups is 1. The van der Waals surface area contributed by atoms with Gasteiger partial charge in [0.25, 0.3) is 0 Å². The number of carbonyl (C=O) groups is 2. The molecule has 1 heterocycles. The van der Waals surface area contributed by atoms with Crippen molar-refractivity contribution >= 4 is 12.0 Å². The van der Waals surface area contributed by atoms with Crippen LogP contribution in [0.15, 0.2) is 65.9 Å². The normalized spacial score (nSPS) is 16.1. The van der Waals surface area contributed by atoms with Crippen LogP contribution in [-0.2, 0) is 16.0 Å². The smallest absolute Gasteiger partial charge is 0.337 e. The van der Waals surface area contributed by atoms with Gasteiger partial charge in [0.15, 0.2) is 0 Å². The van der Waals surface area contributed by atoms with E-state index in [1.165, 1.54) is 12.7 Å². The molecule has 0 saturated heterocycles. The van der Waals surface area contributed by atoms with Gasteiger partial charge in [-0.15, -0.1) is 0 Å². The minimum atomic E-state index is -0.573. The molecule has 3 rings (SSSR count). The molecule has 1 aliphatic heterocycles. The molecule has 0 aromatic heterocycles. The van der Waals surface area contributed by atoms with Gasteiger partial charge in [0.2, 0.25) is 0 Å². The third-order valence-corrected chi connectivity index (χ3v) is 5.02. The lowest BCUT2D eigenvalue weighted by Gasteiger charge is -2.30. The Morgan fingerprint density at radius 1 is 1.07 bits per heavy atom. The van der Waals surface area contributed by atoms with E-state index in [-0.39, 0.29) is 11.9 Å². The zero-order valence-electron chi connectivity index (χ0n) is 17.6. The summed E-state index contributed by atoms with van der Waals surface area (Å²) in [7, 11) is 1.34. The minimum absolute atomic E-state index is 0.0279. The predicted molar refractivity (Wildman–Crippen MR) is 115 cm³/mol. The summed E-state index contributed by atoms with van der Waals surface area (Å²) in [5, 5.41) is 5.57. The Labute approximate surface area is 177 Å². The number of allylic oxidation sites excluding steroid dienone is 1. The number of hydrogen-bond donors (Lipinski definition) is 2. The molecule has 158 valence electrons. The zero-order valence-corrected chi connectivity index (χ0v) is 17.6. The van der Waals surface area contributed by atoms with E-state index in [1.54, 1.807) is 0 Å². The Bertz CT molecular complexity index is 905. The highest BCUT2D eigenvalue weighted by molar-refractivity contribution is 5.95. The van der Waals surface area contributed by atoms with Crippen LogP contribution in [0, 0.1) is 5.92 Å². The van der Waals surface area contributed by atoms with Gasteiger partial charge in [-0.05, 0) is 42.0 Å². The maximum absolute atomic E-state index is 12.4. The fraction of sp³-hybridized carbons (Fsp3) is 0.333. The van der Waals surface area contributed by atoms with Gasteiger partial charge in [-0.2, -0.15) is 0 Å². The Balaban J connectivity index is 1.68. The Morgan fingerprint density at radius 2 is 1.77 bits per heavy atom. The quantitative estimate of drug-likeness (QED) is 0.509. The fourth-order valence-electron chi connectivity index (χ4n) is 3.50. The molecule has 0 bridgehead atoms. The van der Waals surface area contributed by atoms with Crippen LogP contribution >= 0.6 is 0 Å². The molecule has 2 aromatic carbocycles. The number of nitrogens with one attached hydrogen (secondary N) is 2. The molecule has 1 unspecified atom stereocenters. The van der Waals surface area contributed by atoms with Gasteiger partial charge in [0, 0.05) is 5.70 Å². The molecule has 0 aliphatic carbocycles. The van der Waals surface area contributed by atoms with Crippen LogP contribution in [-0.4, -0.2) is 25.7 Å². The summed E-state index contributed by atoms with van der Waals surface area (Å²) in [5.41, 5.74) is 3.08. The maximum atomic E-state index is 12.4. The highest BCUT2D eigenvalue weighted by Gasteiger charge is 2.34. The zero-order chi connectivity index (χ0) is 21.5. The van der Waals surface area contributed by atoms with Crippen molar-refractivity contribution in [2.75, 3.05) is 13.7 Å². The first-order valence-corrected chi connectivity index (χ1v) is 10.2. The Kier molecular flexibility index (Phi) is 7.12. The first-order valence-electron chi connectivity index (χ1n) is 10.2. The molecular weight excluding hydrogens is 380 g/mol. The Hall–Kier alpha value is -3.28. The van der Waals surface area contributed by atoms with Crippen molar-refractivity contribution in [1.29, 1.82) is 0 Å². The molecule has 2 amide bonds. The number of aryl methyl sites for hydroxylation is 1. The third kappa shape index (κ3) is 5.20. The average Bonchev–Trinajstić information content (AvgIpc) is 2.76. The van der Waals surface area contributed by atoms with Crippen molar-refractivity contribution < 1.29 is 19.1 Å². The number of benzene rings is 2. The second kappa shape index (κ2) is 9.96. The van der Waals surface area contributed by atoms with E-state index in [0.717, 1.165) is 24.2 Å². The van der Waals surface area contributed by atoms with E-state index in [0.29, 0.717) is 17.9 Å². The molecule has 2 aromatic rings. The van der Waals surface area contributed by atoms with Gasteiger partial charge in [0.05, 0.1) is 25.3 Å². The van der Waals surface area contributed by atoms with Crippen LogP contribution in [0.2, 0.25) is 0 Å². The number of carbonyl (C=O) groups excluding carboxylic acids is 2. The number of amides is 2. The summed E-state index contributed by atoms with van der Waals surface area (Å²) >= 11 is 0.